The number of urea groups is 1. The van der Waals surface area contributed by atoms with Crippen molar-refractivity contribution in [3.8, 4) is 0 Å². The topological polar surface area (TPSA) is 96.6 Å². The van der Waals surface area contributed by atoms with Crippen molar-refractivity contribution in [1.82, 2.24) is 10.7 Å². The molecule has 3 amide bonds. The fourth-order valence-corrected chi connectivity index (χ4v) is 2.07. The van der Waals surface area contributed by atoms with Crippen LogP contribution in [0, 0.1) is 0 Å². The zero-order chi connectivity index (χ0) is 13.0. The molecule has 1 aromatic carbocycles. The molecule has 1 aliphatic heterocycles. The van der Waals surface area contributed by atoms with Crippen molar-refractivity contribution in [2.45, 2.75) is 0 Å². The van der Waals surface area contributed by atoms with Gasteiger partial charge in [-0.25, -0.2) is 10.2 Å². The molecule has 7 heteroatoms. The van der Waals surface area contributed by atoms with Crippen molar-refractivity contribution < 1.29 is 9.59 Å². The van der Waals surface area contributed by atoms with E-state index in [1.807, 2.05) is 30.3 Å². The van der Waals surface area contributed by atoms with Crippen molar-refractivity contribution in [1.29, 1.82) is 0 Å². The quantitative estimate of drug-likeness (QED) is 0.544. The number of hydrogen-bond donors (Lipinski definition) is 3. The molecule has 92 valence electrons. The van der Waals surface area contributed by atoms with Gasteiger partial charge in [0.1, 0.15) is 0 Å². The maximum atomic E-state index is 11.6. The van der Waals surface area contributed by atoms with E-state index in [1.54, 1.807) is 6.08 Å². The number of carbonyl (C=O) groups is 2. The van der Waals surface area contributed by atoms with E-state index in [4.69, 9.17) is 5.73 Å². The standard InChI is InChI=1S/C11H10N4O2S/c12-10(17)14-15-11-13-9(16)8(18-11)6-7-4-2-1-3-5-7/h1-6H,(H3,12,14,17)(H,13,15,16)/b8-6+. The molecule has 1 aromatic rings. The van der Waals surface area contributed by atoms with E-state index < -0.39 is 6.03 Å². The van der Waals surface area contributed by atoms with Crippen LogP contribution in [0.3, 0.4) is 0 Å². The molecule has 1 heterocycles. The van der Waals surface area contributed by atoms with Gasteiger partial charge >= 0.3 is 6.03 Å². The summed E-state index contributed by atoms with van der Waals surface area (Å²) in [7, 11) is 0. The Balaban J connectivity index is 2.13. The maximum Gasteiger partial charge on any atom is 0.332 e. The van der Waals surface area contributed by atoms with Crippen molar-refractivity contribution >= 4 is 34.9 Å². The Kier molecular flexibility index (Phi) is 3.63. The smallest absolute Gasteiger partial charge is 0.332 e. The summed E-state index contributed by atoms with van der Waals surface area (Å²) >= 11 is 1.14. The van der Waals surface area contributed by atoms with Gasteiger partial charge in [0.15, 0.2) is 5.17 Å². The first-order chi connectivity index (χ1) is 8.65. The lowest BCUT2D eigenvalue weighted by Crippen LogP contribution is -2.28. The third-order valence-electron chi connectivity index (χ3n) is 2.02. The molecule has 0 unspecified atom stereocenters. The summed E-state index contributed by atoms with van der Waals surface area (Å²) in [6, 6.07) is 8.65. The molecular formula is C11H10N4O2S. The predicted molar refractivity (Wildman–Crippen MR) is 70.3 cm³/mol. The maximum absolute atomic E-state index is 11.6. The van der Waals surface area contributed by atoms with Crippen molar-refractivity contribution in [2.75, 3.05) is 0 Å². The van der Waals surface area contributed by atoms with Crippen LogP contribution in [0.4, 0.5) is 4.79 Å². The Bertz CT molecular complexity index is 539. The molecule has 0 saturated carbocycles. The van der Waals surface area contributed by atoms with Crippen LogP contribution in [-0.4, -0.2) is 17.1 Å². The average molecular weight is 262 g/mol. The molecule has 0 atom stereocenters. The highest BCUT2D eigenvalue weighted by molar-refractivity contribution is 8.18. The van der Waals surface area contributed by atoms with E-state index in [0.717, 1.165) is 17.3 Å². The highest BCUT2D eigenvalue weighted by Crippen LogP contribution is 2.25. The van der Waals surface area contributed by atoms with Gasteiger partial charge in [-0.05, 0) is 23.4 Å². The summed E-state index contributed by atoms with van der Waals surface area (Å²) in [5, 5.41) is 6.45. The van der Waals surface area contributed by atoms with Crippen LogP contribution in [0.2, 0.25) is 0 Å². The summed E-state index contributed by atoms with van der Waals surface area (Å²) in [6.45, 7) is 0. The Hall–Kier alpha value is -2.28. The second-order valence-electron chi connectivity index (χ2n) is 3.37. The lowest BCUT2D eigenvalue weighted by molar-refractivity contribution is -0.115. The first kappa shape index (κ1) is 12.2. The number of rotatable bonds is 2. The fourth-order valence-electron chi connectivity index (χ4n) is 1.29. The number of hydrogen-bond acceptors (Lipinski definition) is 4. The van der Waals surface area contributed by atoms with Crippen molar-refractivity contribution in [3.63, 3.8) is 0 Å². The van der Waals surface area contributed by atoms with Crippen LogP contribution in [0.1, 0.15) is 5.56 Å². The largest absolute Gasteiger partial charge is 0.350 e. The van der Waals surface area contributed by atoms with Gasteiger partial charge in [-0.3, -0.25) is 10.1 Å². The number of nitrogens with zero attached hydrogens (tertiary/aromatic N) is 1. The SMILES string of the molecule is NC(=O)N/N=C1\NC(=O)/C(=C\c2ccccc2)S1. The monoisotopic (exact) mass is 262 g/mol. The minimum Gasteiger partial charge on any atom is -0.350 e. The van der Waals surface area contributed by atoms with Crippen LogP contribution < -0.4 is 16.5 Å². The molecule has 0 radical (unpaired) electrons. The minimum atomic E-state index is -0.780. The van der Waals surface area contributed by atoms with Gasteiger partial charge in [0.05, 0.1) is 4.91 Å². The van der Waals surface area contributed by atoms with Gasteiger partial charge in [-0.2, -0.15) is 0 Å². The molecule has 6 nitrogen and oxygen atoms in total. The predicted octanol–water partition coefficient (Wildman–Crippen LogP) is 0.830. The van der Waals surface area contributed by atoms with E-state index >= 15 is 0 Å². The molecule has 0 aromatic heterocycles. The van der Waals surface area contributed by atoms with E-state index in [2.05, 4.69) is 15.8 Å². The number of carbonyl (C=O) groups excluding carboxylic acids is 2. The van der Waals surface area contributed by atoms with E-state index in [0.29, 0.717) is 10.1 Å². The minimum absolute atomic E-state index is 0.256. The van der Waals surface area contributed by atoms with Crippen LogP contribution in [0.25, 0.3) is 6.08 Å². The van der Waals surface area contributed by atoms with E-state index in [1.165, 1.54) is 0 Å². The van der Waals surface area contributed by atoms with Gasteiger partial charge in [0.2, 0.25) is 0 Å². The molecule has 1 aliphatic rings. The van der Waals surface area contributed by atoms with Gasteiger partial charge in [0.25, 0.3) is 5.91 Å². The first-order valence-electron chi connectivity index (χ1n) is 5.04. The number of hydrazone groups is 1. The molecule has 1 fully saturated rings. The van der Waals surface area contributed by atoms with Gasteiger partial charge in [-0.15, -0.1) is 5.10 Å². The second kappa shape index (κ2) is 5.37. The highest BCUT2D eigenvalue weighted by atomic mass is 32.2. The van der Waals surface area contributed by atoms with Crippen molar-refractivity contribution in [2.24, 2.45) is 10.8 Å². The van der Waals surface area contributed by atoms with Gasteiger partial charge in [-0.1, -0.05) is 30.3 Å². The van der Waals surface area contributed by atoms with Crippen LogP contribution >= 0.6 is 11.8 Å². The summed E-state index contributed by atoms with van der Waals surface area (Å²) in [5.41, 5.74) is 7.84. The number of nitrogens with one attached hydrogen (secondary N) is 2. The fraction of sp³-hybridized carbons (Fsp3) is 0. The molecule has 1 saturated heterocycles. The van der Waals surface area contributed by atoms with Crippen LogP contribution in [0.5, 0.6) is 0 Å². The average Bonchev–Trinajstić information content (AvgIpc) is 2.69. The third kappa shape index (κ3) is 3.11. The van der Waals surface area contributed by atoms with E-state index in [9.17, 15) is 9.59 Å². The van der Waals surface area contributed by atoms with E-state index in [-0.39, 0.29) is 5.91 Å². The first-order valence-corrected chi connectivity index (χ1v) is 5.86. The molecular weight excluding hydrogens is 252 g/mol. The highest BCUT2D eigenvalue weighted by Gasteiger charge is 2.23. The zero-order valence-electron chi connectivity index (χ0n) is 9.21. The summed E-state index contributed by atoms with van der Waals surface area (Å²) < 4.78 is 0. The Morgan fingerprint density at radius 3 is 2.78 bits per heavy atom. The molecule has 0 spiro atoms. The summed E-state index contributed by atoms with van der Waals surface area (Å²) in [6.07, 6.45) is 1.74. The molecule has 0 aliphatic carbocycles. The lowest BCUT2D eigenvalue weighted by atomic mass is 10.2. The molecule has 4 N–H and O–H groups in total. The molecule has 2 rings (SSSR count). The number of primary amides is 1. The molecule has 18 heavy (non-hydrogen) atoms. The lowest BCUT2D eigenvalue weighted by Gasteiger charge is -1.94. The van der Waals surface area contributed by atoms with Crippen LogP contribution in [-0.2, 0) is 4.79 Å². The Labute approximate surface area is 107 Å². The van der Waals surface area contributed by atoms with Crippen LogP contribution in [0.15, 0.2) is 40.3 Å². The Morgan fingerprint density at radius 1 is 1.39 bits per heavy atom. The zero-order valence-corrected chi connectivity index (χ0v) is 10.0. The third-order valence-corrected chi connectivity index (χ3v) is 2.93. The Morgan fingerprint density at radius 2 is 2.11 bits per heavy atom. The number of benzene rings is 1. The molecule has 0 bridgehead atoms. The summed E-state index contributed by atoms with van der Waals surface area (Å²) in [5.74, 6) is -0.256. The van der Waals surface area contributed by atoms with Gasteiger partial charge in [0, 0.05) is 0 Å². The van der Waals surface area contributed by atoms with Gasteiger partial charge < -0.3 is 5.73 Å². The number of thioether (sulfide) groups is 1. The summed E-state index contributed by atoms with van der Waals surface area (Å²) in [4.78, 5) is 22.6. The number of amides is 3. The normalized spacial score (nSPS) is 19.0. The second-order valence-corrected chi connectivity index (χ2v) is 4.40. The van der Waals surface area contributed by atoms with Crippen molar-refractivity contribution in [3.05, 3.63) is 40.8 Å². The number of amidine groups is 1. The number of nitrogens with two attached hydrogens (primary N) is 1.